The van der Waals surface area contributed by atoms with Gasteiger partial charge in [-0.3, -0.25) is 4.79 Å². The van der Waals surface area contributed by atoms with Gasteiger partial charge in [0.05, 0.1) is 0 Å². The zero-order valence-corrected chi connectivity index (χ0v) is 11.1. The predicted octanol–water partition coefficient (Wildman–Crippen LogP) is 2.40. The summed E-state index contributed by atoms with van der Waals surface area (Å²) in [5.41, 5.74) is 1.12. The summed E-state index contributed by atoms with van der Waals surface area (Å²) in [4.78, 5) is 11.5. The van der Waals surface area contributed by atoms with Gasteiger partial charge in [-0.1, -0.05) is 12.1 Å². The van der Waals surface area contributed by atoms with Gasteiger partial charge in [-0.15, -0.1) is 0 Å². The van der Waals surface area contributed by atoms with Crippen LogP contribution in [0.25, 0.3) is 0 Å². The van der Waals surface area contributed by atoms with Gasteiger partial charge in [0.2, 0.25) is 0 Å². The minimum atomic E-state index is 0.325. The van der Waals surface area contributed by atoms with E-state index in [9.17, 15) is 4.79 Å². The van der Waals surface area contributed by atoms with Gasteiger partial charge in [-0.2, -0.15) is 0 Å². The molecule has 0 fully saturated rings. The molecule has 0 bridgehead atoms. The summed E-state index contributed by atoms with van der Waals surface area (Å²) in [7, 11) is 1.91. The van der Waals surface area contributed by atoms with E-state index in [4.69, 9.17) is 0 Å². The van der Waals surface area contributed by atoms with Crippen molar-refractivity contribution in [3.05, 3.63) is 33.4 Å². The molecule has 1 rings (SSSR count). The standard InChI is InChI=1S/C12H16INO/c1-14-8-2-3-12(15)9-10-4-6-11(13)7-5-10/h4-7,14H,2-3,8-9H2,1H3. The van der Waals surface area contributed by atoms with Crippen molar-refractivity contribution in [2.75, 3.05) is 13.6 Å². The third kappa shape index (κ3) is 5.28. The molecule has 82 valence electrons. The van der Waals surface area contributed by atoms with Crippen molar-refractivity contribution in [1.82, 2.24) is 5.32 Å². The van der Waals surface area contributed by atoms with E-state index in [0.29, 0.717) is 18.6 Å². The Bertz CT molecular complexity index is 308. The summed E-state index contributed by atoms with van der Waals surface area (Å²) >= 11 is 2.26. The fourth-order valence-corrected chi connectivity index (χ4v) is 1.74. The molecule has 1 N–H and O–H groups in total. The van der Waals surface area contributed by atoms with Gasteiger partial charge < -0.3 is 5.32 Å². The van der Waals surface area contributed by atoms with Gasteiger partial charge in [0.1, 0.15) is 5.78 Å². The van der Waals surface area contributed by atoms with Crippen LogP contribution in [0.5, 0.6) is 0 Å². The Morgan fingerprint density at radius 3 is 2.60 bits per heavy atom. The number of carbonyl (C=O) groups is 1. The van der Waals surface area contributed by atoms with Crippen LogP contribution in [-0.2, 0) is 11.2 Å². The molecular weight excluding hydrogens is 301 g/mol. The molecule has 0 saturated heterocycles. The van der Waals surface area contributed by atoms with Gasteiger partial charge in [-0.25, -0.2) is 0 Å². The lowest BCUT2D eigenvalue weighted by Gasteiger charge is -2.01. The summed E-state index contributed by atoms with van der Waals surface area (Å²) in [5.74, 6) is 0.325. The van der Waals surface area contributed by atoms with Crippen molar-refractivity contribution in [2.24, 2.45) is 0 Å². The first-order chi connectivity index (χ1) is 7.22. The number of ketones is 1. The van der Waals surface area contributed by atoms with Crippen molar-refractivity contribution in [3.63, 3.8) is 0 Å². The van der Waals surface area contributed by atoms with Crippen LogP contribution in [0, 0.1) is 3.57 Å². The Morgan fingerprint density at radius 1 is 1.33 bits per heavy atom. The quantitative estimate of drug-likeness (QED) is 0.645. The normalized spacial score (nSPS) is 10.3. The van der Waals surface area contributed by atoms with Crippen molar-refractivity contribution >= 4 is 28.4 Å². The highest BCUT2D eigenvalue weighted by Gasteiger charge is 2.02. The fourth-order valence-electron chi connectivity index (χ4n) is 1.38. The molecule has 2 nitrogen and oxygen atoms in total. The Balaban J connectivity index is 2.34. The van der Waals surface area contributed by atoms with Crippen molar-refractivity contribution in [2.45, 2.75) is 19.3 Å². The van der Waals surface area contributed by atoms with Crippen LogP contribution in [0.15, 0.2) is 24.3 Å². The third-order valence-electron chi connectivity index (χ3n) is 2.20. The number of hydrogen-bond donors (Lipinski definition) is 1. The molecule has 0 radical (unpaired) electrons. The topological polar surface area (TPSA) is 29.1 Å². The molecule has 0 unspecified atom stereocenters. The minimum absolute atomic E-state index is 0.325. The second-order valence-corrected chi connectivity index (χ2v) is 4.79. The smallest absolute Gasteiger partial charge is 0.137 e. The molecule has 0 amide bonds. The molecule has 3 heteroatoms. The zero-order chi connectivity index (χ0) is 11.1. The highest BCUT2D eigenvalue weighted by molar-refractivity contribution is 14.1. The minimum Gasteiger partial charge on any atom is -0.320 e. The fraction of sp³-hybridized carbons (Fsp3) is 0.417. The molecule has 0 aliphatic carbocycles. The molecular formula is C12H16INO. The van der Waals surface area contributed by atoms with Crippen LogP contribution in [0.4, 0.5) is 0 Å². The Kier molecular flexibility index (Phi) is 5.86. The maximum absolute atomic E-state index is 11.5. The number of rotatable bonds is 6. The number of nitrogens with one attached hydrogen (secondary N) is 1. The first-order valence-electron chi connectivity index (χ1n) is 5.13. The molecule has 0 heterocycles. The molecule has 0 aromatic heterocycles. The molecule has 1 aromatic rings. The Labute approximate surface area is 105 Å². The second kappa shape index (κ2) is 6.95. The van der Waals surface area contributed by atoms with Crippen molar-refractivity contribution < 1.29 is 4.79 Å². The molecule has 0 spiro atoms. The number of hydrogen-bond acceptors (Lipinski definition) is 2. The Hall–Kier alpha value is -0.420. The maximum Gasteiger partial charge on any atom is 0.137 e. The van der Waals surface area contributed by atoms with E-state index >= 15 is 0 Å². The average Bonchev–Trinajstić information content (AvgIpc) is 2.22. The summed E-state index contributed by atoms with van der Waals surface area (Å²) in [6.07, 6.45) is 2.17. The lowest BCUT2D eigenvalue weighted by Crippen LogP contribution is -2.11. The Morgan fingerprint density at radius 2 is 2.00 bits per heavy atom. The van der Waals surface area contributed by atoms with Gasteiger partial charge in [0.25, 0.3) is 0 Å². The van der Waals surface area contributed by atoms with E-state index in [-0.39, 0.29) is 0 Å². The van der Waals surface area contributed by atoms with Crippen molar-refractivity contribution in [1.29, 1.82) is 0 Å². The van der Waals surface area contributed by atoms with E-state index in [0.717, 1.165) is 18.5 Å². The highest BCUT2D eigenvalue weighted by atomic mass is 127. The maximum atomic E-state index is 11.5. The van der Waals surface area contributed by atoms with E-state index in [1.165, 1.54) is 3.57 Å². The monoisotopic (exact) mass is 317 g/mol. The zero-order valence-electron chi connectivity index (χ0n) is 8.92. The summed E-state index contributed by atoms with van der Waals surface area (Å²) < 4.78 is 1.21. The number of carbonyl (C=O) groups excluding carboxylic acids is 1. The summed E-state index contributed by atoms with van der Waals surface area (Å²) in [5, 5.41) is 3.04. The molecule has 0 aliphatic rings. The number of Topliss-reactive ketones (excluding diaryl/α,β-unsaturated/α-hetero) is 1. The molecule has 1 aromatic carbocycles. The lowest BCUT2D eigenvalue weighted by atomic mass is 10.1. The van der Waals surface area contributed by atoms with Crippen molar-refractivity contribution in [3.8, 4) is 0 Å². The van der Waals surface area contributed by atoms with E-state index in [1.807, 2.05) is 31.3 Å². The molecule has 0 saturated carbocycles. The van der Waals surface area contributed by atoms with Crippen LogP contribution in [-0.4, -0.2) is 19.4 Å². The molecule has 0 aliphatic heterocycles. The predicted molar refractivity (Wildman–Crippen MR) is 71.0 cm³/mol. The third-order valence-corrected chi connectivity index (χ3v) is 2.92. The molecule has 15 heavy (non-hydrogen) atoms. The number of halogens is 1. The van der Waals surface area contributed by atoms with E-state index in [2.05, 4.69) is 27.9 Å². The highest BCUT2D eigenvalue weighted by Crippen LogP contribution is 2.08. The summed E-state index contributed by atoms with van der Waals surface area (Å²) in [6.45, 7) is 0.915. The largest absolute Gasteiger partial charge is 0.320 e. The van der Waals surface area contributed by atoms with E-state index < -0.39 is 0 Å². The second-order valence-electron chi connectivity index (χ2n) is 3.55. The molecule has 0 atom stereocenters. The first kappa shape index (κ1) is 12.6. The first-order valence-corrected chi connectivity index (χ1v) is 6.21. The van der Waals surface area contributed by atoms with Gasteiger partial charge in [-0.05, 0) is 60.3 Å². The van der Waals surface area contributed by atoms with Crippen LogP contribution in [0.2, 0.25) is 0 Å². The van der Waals surface area contributed by atoms with Gasteiger partial charge in [0.15, 0.2) is 0 Å². The SMILES string of the molecule is CNCCCC(=O)Cc1ccc(I)cc1. The van der Waals surface area contributed by atoms with Gasteiger partial charge >= 0.3 is 0 Å². The van der Waals surface area contributed by atoms with E-state index in [1.54, 1.807) is 0 Å². The van der Waals surface area contributed by atoms with Crippen LogP contribution >= 0.6 is 22.6 Å². The van der Waals surface area contributed by atoms with Crippen LogP contribution in [0.3, 0.4) is 0 Å². The van der Waals surface area contributed by atoms with Gasteiger partial charge in [0, 0.05) is 16.4 Å². The summed E-state index contributed by atoms with van der Waals surface area (Å²) in [6, 6.07) is 8.13. The van der Waals surface area contributed by atoms with Crippen LogP contribution in [0.1, 0.15) is 18.4 Å². The van der Waals surface area contributed by atoms with Crippen LogP contribution < -0.4 is 5.32 Å². The lowest BCUT2D eigenvalue weighted by molar-refractivity contribution is -0.118. The number of benzene rings is 1. The average molecular weight is 317 g/mol.